The summed E-state index contributed by atoms with van der Waals surface area (Å²) in [5.74, 6) is -2.42. The van der Waals surface area contributed by atoms with Gasteiger partial charge in [-0.05, 0) is 84.6 Å². The molecular weight excluding hydrogens is 582 g/mol. The Labute approximate surface area is 248 Å². The quantitative estimate of drug-likeness (QED) is 0.184. The number of nitrogens with two attached hydrogens (primary N) is 1. The molecule has 0 aliphatic rings. The van der Waals surface area contributed by atoms with Gasteiger partial charge in [0.15, 0.2) is 0 Å². The highest BCUT2D eigenvalue weighted by molar-refractivity contribution is 7.89. The van der Waals surface area contributed by atoms with Crippen molar-refractivity contribution in [2.45, 2.75) is 31.6 Å². The third kappa shape index (κ3) is 8.29. The first-order chi connectivity index (χ1) is 19.8. The first kappa shape index (κ1) is 32.1. The van der Waals surface area contributed by atoms with E-state index in [1.807, 2.05) is 0 Å². The van der Waals surface area contributed by atoms with Crippen LogP contribution < -0.4 is 10.5 Å². The molecule has 0 spiro atoms. The molecule has 0 saturated heterocycles. The highest BCUT2D eigenvalue weighted by Crippen LogP contribution is 2.27. The molecule has 1 aromatic heterocycles. The maximum absolute atomic E-state index is 11.9. The molecule has 3 aromatic carbocycles. The van der Waals surface area contributed by atoms with Crippen molar-refractivity contribution in [1.82, 2.24) is 9.88 Å². The Hall–Kier alpha value is -4.45. The van der Waals surface area contributed by atoms with Crippen molar-refractivity contribution < 1.29 is 33.0 Å². The molecular formula is C30H30ClN3O7S. The lowest BCUT2D eigenvalue weighted by atomic mass is 9.95. The summed E-state index contributed by atoms with van der Waals surface area (Å²) in [5.41, 5.74) is 2.75. The third-order valence-electron chi connectivity index (χ3n) is 6.28. The SMILES string of the molecule is CCCCNC(=O)c1ccn(-c2ccc(S(N)(=O)=O)cc2)c1.Cc1c(C(=O)O)cc(-c2ccc(Cl)cc2)cc1C(=O)O. The van der Waals surface area contributed by atoms with Crippen molar-refractivity contribution in [3.05, 3.63) is 106 Å². The molecule has 0 aliphatic heterocycles. The van der Waals surface area contributed by atoms with E-state index >= 15 is 0 Å². The molecule has 5 N–H and O–H groups in total. The van der Waals surface area contributed by atoms with Crippen LogP contribution in [0.3, 0.4) is 0 Å². The molecule has 0 atom stereocenters. The number of nitrogens with zero attached hydrogens (tertiary/aromatic N) is 1. The number of aromatic nitrogens is 1. The lowest BCUT2D eigenvalue weighted by molar-refractivity contribution is 0.0695. The van der Waals surface area contributed by atoms with E-state index < -0.39 is 22.0 Å². The van der Waals surface area contributed by atoms with E-state index in [2.05, 4.69) is 12.2 Å². The van der Waals surface area contributed by atoms with Crippen molar-refractivity contribution in [2.24, 2.45) is 5.14 Å². The number of hydrogen-bond donors (Lipinski definition) is 4. The van der Waals surface area contributed by atoms with E-state index in [-0.39, 0.29) is 27.5 Å². The van der Waals surface area contributed by atoms with Gasteiger partial charge in [0.25, 0.3) is 5.91 Å². The van der Waals surface area contributed by atoms with Gasteiger partial charge in [-0.3, -0.25) is 4.79 Å². The zero-order valence-corrected chi connectivity index (χ0v) is 24.4. The number of unbranched alkanes of at least 4 members (excludes halogenated alkanes) is 1. The second kappa shape index (κ2) is 13.9. The fourth-order valence-corrected chi connectivity index (χ4v) is 4.59. The molecule has 10 nitrogen and oxygen atoms in total. The summed E-state index contributed by atoms with van der Waals surface area (Å²) in [5, 5.41) is 26.8. The lowest BCUT2D eigenvalue weighted by Gasteiger charge is -2.10. The number of nitrogens with one attached hydrogen (secondary N) is 1. The second-order valence-corrected chi connectivity index (χ2v) is 11.3. The van der Waals surface area contributed by atoms with Crippen LogP contribution in [0.2, 0.25) is 5.02 Å². The van der Waals surface area contributed by atoms with Crippen LogP contribution in [0, 0.1) is 6.92 Å². The van der Waals surface area contributed by atoms with Gasteiger partial charge in [-0.25, -0.2) is 23.1 Å². The fourth-order valence-electron chi connectivity index (χ4n) is 3.95. The van der Waals surface area contributed by atoms with Gasteiger partial charge in [-0.2, -0.15) is 0 Å². The number of hydrogen-bond acceptors (Lipinski definition) is 5. The van der Waals surface area contributed by atoms with Gasteiger partial charge in [-0.15, -0.1) is 0 Å². The number of carboxylic acid groups (broad SMARTS) is 2. The molecule has 0 bridgehead atoms. The molecule has 0 aliphatic carbocycles. The number of aromatic carboxylic acids is 2. The minimum Gasteiger partial charge on any atom is -0.478 e. The Kier molecular flexibility index (Phi) is 10.6. The van der Waals surface area contributed by atoms with Gasteiger partial charge in [0.2, 0.25) is 10.0 Å². The van der Waals surface area contributed by atoms with Crippen LogP contribution in [0.1, 0.15) is 56.4 Å². The number of carboxylic acids is 2. The van der Waals surface area contributed by atoms with Gasteiger partial charge < -0.3 is 20.1 Å². The summed E-state index contributed by atoms with van der Waals surface area (Å²) in [6.07, 6.45) is 5.42. The van der Waals surface area contributed by atoms with E-state index in [1.165, 1.54) is 31.2 Å². The highest BCUT2D eigenvalue weighted by Gasteiger charge is 2.17. The molecule has 4 rings (SSSR count). The smallest absolute Gasteiger partial charge is 0.335 e. The van der Waals surface area contributed by atoms with E-state index in [0.29, 0.717) is 28.3 Å². The van der Waals surface area contributed by atoms with E-state index in [4.69, 9.17) is 16.7 Å². The van der Waals surface area contributed by atoms with E-state index in [0.717, 1.165) is 18.5 Å². The minimum atomic E-state index is -3.70. The van der Waals surface area contributed by atoms with Gasteiger partial charge in [-0.1, -0.05) is 37.1 Å². The van der Waals surface area contributed by atoms with Crippen LogP contribution in [-0.4, -0.2) is 47.6 Å². The Bertz CT molecular complexity index is 1660. The Morgan fingerprint density at radius 2 is 1.48 bits per heavy atom. The minimum absolute atomic E-state index is 0.0187. The van der Waals surface area contributed by atoms with Gasteiger partial charge in [0.05, 0.1) is 21.6 Å². The summed E-state index contributed by atoms with van der Waals surface area (Å²) < 4.78 is 24.2. The Balaban J connectivity index is 0.000000231. The van der Waals surface area contributed by atoms with Crippen LogP contribution in [-0.2, 0) is 10.0 Å². The number of primary sulfonamides is 1. The molecule has 0 unspecified atom stereocenters. The van der Waals surface area contributed by atoms with Crippen molar-refractivity contribution in [3.63, 3.8) is 0 Å². The summed E-state index contributed by atoms with van der Waals surface area (Å²) in [6, 6.07) is 17.5. The zero-order valence-electron chi connectivity index (χ0n) is 22.9. The largest absolute Gasteiger partial charge is 0.478 e. The van der Waals surface area contributed by atoms with Crippen molar-refractivity contribution in [1.29, 1.82) is 0 Å². The maximum atomic E-state index is 11.9. The molecule has 220 valence electrons. The summed E-state index contributed by atoms with van der Waals surface area (Å²) in [4.78, 5) is 34.4. The van der Waals surface area contributed by atoms with Crippen LogP contribution in [0.5, 0.6) is 0 Å². The molecule has 4 aromatic rings. The number of amides is 1. The number of sulfonamides is 1. The van der Waals surface area contributed by atoms with Crippen LogP contribution >= 0.6 is 11.6 Å². The maximum Gasteiger partial charge on any atom is 0.335 e. The molecule has 0 fully saturated rings. The van der Waals surface area contributed by atoms with Gasteiger partial charge >= 0.3 is 11.9 Å². The van der Waals surface area contributed by atoms with Crippen molar-refractivity contribution in [2.75, 3.05) is 6.54 Å². The van der Waals surface area contributed by atoms with Gasteiger partial charge in [0.1, 0.15) is 0 Å². The van der Waals surface area contributed by atoms with E-state index in [9.17, 15) is 33.0 Å². The summed E-state index contributed by atoms with van der Waals surface area (Å²) in [6.45, 7) is 4.20. The zero-order chi connectivity index (χ0) is 31.0. The van der Waals surface area contributed by atoms with Crippen molar-refractivity contribution in [3.8, 4) is 16.8 Å². The second-order valence-electron chi connectivity index (χ2n) is 9.27. The number of carbonyl (C=O) groups is 3. The normalized spacial score (nSPS) is 10.9. The molecule has 1 amide bonds. The topological polar surface area (TPSA) is 169 Å². The fraction of sp³-hybridized carbons (Fsp3) is 0.167. The van der Waals surface area contributed by atoms with Gasteiger partial charge in [0, 0.05) is 29.6 Å². The monoisotopic (exact) mass is 611 g/mol. The third-order valence-corrected chi connectivity index (χ3v) is 7.46. The summed E-state index contributed by atoms with van der Waals surface area (Å²) >= 11 is 5.80. The van der Waals surface area contributed by atoms with Crippen LogP contribution in [0.4, 0.5) is 0 Å². The lowest BCUT2D eigenvalue weighted by Crippen LogP contribution is -2.23. The first-order valence-electron chi connectivity index (χ1n) is 12.8. The van der Waals surface area contributed by atoms with E-state index in [1.54, 1.807) is 59.4 Å². The molecule has 12 heteroatoms. The average Bonchev–Trinajstić information content (AvgIpc) is 3.44. The molecule has 1 heterocycles. The molecule has 0 saturated carbocycles. The summed E-state index contributed by atoms with van der Waals surface area (Å²) in [7, 11) is -3.70. The number of rotatable bonds is 9. The number of carbonyl (C=O) groups excluding carboxylic acids is 1. The van der Waals surface area contributed by atoms with Crippen LogP contribution in [0.25, 0.3) is 16.8 Å². The van der Waals surface area contributed by atoms with Crippen LogP contribution in [0.15, 0.2) is 84.0 Å². The average molecular weight is 612 g/mol. The predicted molar refractivity (Wildman–Crippen MR) is 160 cm³/mol. The first-order valence-corrected chi connectivity index (χ1v) is 14.7. The molecule has 42 heavy (non-hydrogen) atoms. The predicted octanol–water partition coefficient (Wildman–Crippen LogP) is 5.37. The Morgan fingerprint density at radius 1 is 0.905 bits per heavy atom. The molecule has 0 radical (unpaired) electrons. The number of halogens is 1. The number of benzene rings is 3. The van der Waals surface area contributed by atoms with Crippen molar-refractivity contribution >= 4 is 39.5 Å². The standard InChI is InChI=1S/C15H11ClO4.C15H19N3O3S/c1-8-12(14(17)18)6-10(7-13(8)15(19)20)9-2-4-11(16)5-3-9;1-2-3-9-17-15(19)12-8-10-18(11-12)13-4-6-14(7-5-13)22(16,20)21/h2-7H,1H3,(H,17,18)(H,19,20);4-8,10-11H,2-3,9H2,1H3,(H,17,19)(H2,16,20,21). The Morgan fingerprint density at radius 3 is 1.98 bits per heavy atom. The highest BCUT2D eigenvalue weighted by atomic mass is 35.5.